The lowest BCUT2D eigenvalue weighted by molar-refractivity contribution is -0.137. The first-order chi connectivity index (χ1) is 11.5. The van der Waals surface area contributed by atoms with Crippen molar-refractivity contribution in [2.24, 2.45) is 0 Å². The van der Waals surface area contributed by atoms with Crippen LogP contribution in [-0.2, 0) is 24.3 Å². The van der Waals surface area contributed by atoms with Crippen LogP contribution < -0.4 is 9.47 Å². The lowest BCUT2D eigenvalue weighted by atomic mass is 10.0. The van der Waals surface area contributed by atoms with Gasteiger partial charge >= 0.3 is 5.97 Å². The number of aliphatic carboxylic acids is 1. The van der Waals surface area contributed by atoms with Crippen LogP contribution in [0.2, 0.25) is 0 Å². The van der Waals surface area contributed by atoms with Crippen molar-refractivity contribution >= 4 is 5.97 Å². The number of benzene rings is 1. The van der Waals surface area contributed by atoms with E-state index in [0.717, 1.165) is 42.0 Å². The van der Waals surface area contributed by atoms with E-state index < -0.39 is 5.97 Å². The van der Waals surface area contributed by atoms with Gasteiger partial charge in [0.15, 0.2) is 0 Å². The maximum absolute atomic E-state index is 11.2. The average Bonchev–Trinajstić information content (AvgIpc) is 2.91. The quantitative estimate of drug-likeness (QED) is 0.897. The number of rotatable bonds is 5. The van der Waals surface area contributed by atoms with E-state index in [2.05, 4.69) is 10.00 Å². The smallest absolute Gasteiger partial charge is 0.325 e. The van der Waals surface area contributed by atoms with Crippen molar-refractivity contribution < 1.29 is 19.4 Å². The molecule has 3 rings (SSSR count). The Balaban J connectivity index is 2.13. The number of ether oxygens (including phenoxy) is 2. The summed E-state index contributed by atoms with van der Waals surface area (Å²) < 4.78 is 12.3. The zero-order chi connectivity index (χ0) is 17.3. The Kier molecular flexibility index (Phi) is 4.44. The van der Waals surface area contributed by atoms with Crippen molar-refractivity contribution in [1.29, 1.82) is 0 Å². The Bertz CT molecular complexity index is 747. The minimum atomic E-state index is -0.894. The summed E-state index contributed by atoms with van der Waals surface area (Å²) in [7, 11) is 5.25. The highest BCUT2D eigenvalue weighted by Gasteiger charge is 2.25. The minimum Gasteiger partial charge on any atom is -0.497 e. The van der Waals surface area contributed by atoms with E-state index in [9.17, 15) is 4.79 Å². The third-order valence-corrected chi connectivity index (χ3v) is 4.23. The molecule has 0 unspecified atom stereocenters. The number of likely N-dealkylation sites (N-methyl/N-ethyl adjacent to an activating group) is 1. The van der Waals surface area contributed by atoms with E-state index in [1.54, 1.807) is 25.0 Å². The molecule has 7 heteroatoms. The number of hydrogen-bond acceptors (Lipinski definition) is 5. The van der Waals surface area contributed by atoms with E-state index in [1.807, 2.05) is 19.2 Å². The van der Waals surface area contributed by atoms with Gasteiger partial charge in [0.1, 0.15) is 18.0 Å². The number of carbonyl (C=O) groups is 1. The summed E-state index contributed by atoms with van der Waals surface area (Å²) in [4.78, 5) is 13.4. The first-order valence-electron chi connectivity index (χ1n) is 7.74. The number of aromatic nitrogens is 2. The number of methoxy groups -OCH3 is 2. The van der Waals surface area contributed by atoms with Gasteiger partial charge in [0, 0.05) is 42.4 Å². The van der Waals surface area contributed by atoms with Gasteiger partial charge in [-0.25, -0.2) is 0 Å². The van der Waals surface area contributed by atoms with Crippen molar-refractivity contribution in [2.75, 3.05) is 27.8 Å². The van der Waals surface area contributed by atoms with Crippen LogP contribution in [0, 0.1) is 0 Å². The molecule has 1 aliphatic rings. The van der Waals surface area contributed by atoms with Gasteiger partial charge < -0.3 is 19.5 Å². The van der Waals surface area contributed by atoms with Crippen LogP contribution in [0.5, 0.6) is 11.5 Å². The highest BCUT2D eigenvalue weighted by Crippen LogP contribution is 2.34. The van der Waals surface area contributed by atoms with Crippen molar-refractivity contribution in [2.45, 2.75) is 19.5 Å². The molecule has 1 aromatic heterocycles. The molecule has 1 aliphatic heterocycles. The van der Waals surface area contributed by atoms with Gasteiger partial charge in [-0.2, -0.15) is 5.10 Å². The second-order valence-electron chi connectivity index (χ2n) is 5.91. The van der Waals surface area contributed by atoms with Gasteiger partial charge in [-0.3, -0.25) is 9.48 Å². The normalized spacial score (nSPS) is 14.3. The predicted molar refractivity (Wildman–Crippen MR) is 88.4 cm³/mol. The third-order valence-electron chi connectivity index (χ3n) is 4.23. The average molecular weight is 331 g/mol. The molecule has 1 N–H and O–H groups in total. The predicted octanol–water partition coefficient (Wildman–Crippen LogP) is 1.64. The fraction of sp³-hybridized carbons (Fsp3) is 0.412. The highest BCUT2D eigenvalue weighted by molar-refractivity contribution is 5.70. The Labute approximate surface area is 140 Å². The Morgan fingerprint density at radius 3 is 2.50 bits per heavy atom. The Morgan fingerprint density at radius 2 is 1.92 bits per heavy atom. The minimum absolute atomic E-state index is 0.132. The van der Waals surface area contributed by atoms with Gasteiger partial charge in [0.25, 0.3) is 0 Å². The summed E-state index contributed by atoms with van der Waals surface area (Å²) in [6.45, 7) is 1.50. The van der Waals surface area contributed by atoms with Crippen LogP contribution in [0.25, 0.3) is 11.3 Å². The van der Waals surface area contributed by atoms with Gasteiger partial charge in [-0.1, -0.05) is 0 Å². The number of fused-ring (bicyclic) bond motifs is 1. The van der Waals surface area contributed by atoms with Crippen LogP contribution in [0.4, 0.5) is 0 Å². The van der Waals surface area contributed by atoms with Crippen molar-refractivity contribution in [3.05, 3.63) is 29.5 Å². The summed E-state index contributed by atoms with van der Waals surface area (Å²) in [6.07, 6.45) is 0.785. The van der Waals surface area contributed by atoms with Crippen LogP contribution >= 0.6 is 0 Å². The molecule has 2 aromatic rings. The lowest BCUT2D eigenvalue weighted by Gasteiger charge is -2.23. The number of carboxylic acid groups (broad SMARTS) is 1. The Morgan fingerprint density at radius 1 is 1.25 bits per heavy atom. The van der Waals surface area contributed by atoms with Crippen LogP contribution in [0.3, 0.4) is 0 Å². The first kappa shape index (κ1) is 16.3. The Hall–Kier alpha value is -2.54. The van der Waals surface area contributed by atoms with Gasteiger partial charge in [-0.15, -0.1) is 0 Å². The van der Waals surface area contributed by atoms with Crippen molar-refractivity contribution in [3.63, 3.8) is 0 Å². The number of carboxylic acids is 1. The van der Waals surface area contributed by atoms with Crippen molar-refractivity contribution in [3.8, 4) is 22.8 Å². The summed E-state index contributed by atoms with van der Waals surface area (Å²) in [5, 5.41) is 13.7. The van der Waals surface area contributed by atoms with E-state index in [4.69, 9.17) is 14.6 Å². The van der Waals surface area contributed by atoms with Gasteiger partial charge in [-0.05, 0) is 19.2 Å². The van der Waals surface area contributed by atoms with Crippen LogP contribution in [0.1, 0.15) is 11.3 Å². The molecule has 0 spiro atoms. The van der Waals surface area contributed by atoms with Gasteiger partial charge in [0.05, 0.1) is 19.9 Å². The van der Waals surface area contributed by atoms with Gasteiger partial charge in [0.2, 0.25) is 0 Å². The van der Waals surface area contributed by atoms with Crippen LogP contribution in [0.15, 0.2) is 18.2 Å². The number of hydrogen-bond donors (Lipinski definition) is 1. The van der Waals surface area contributed by atoms with E-state index in [-0.39, 0.29) is 6.54 Å². The molecule has 1 aromatic carbocycles. The van der Waals surface area contributed by atoms with Crippen LogP contribution in [-0.4, -0.2) is 53.6 Å². The molecule has 0 bridgehead atoms. The second-order valence-corrected chi connectivity index (χ2v) is 5.91. The molecule has 7 nitrogen and oxygen atoms in total. The summed E-state index contributed by atoms with van der Waals surface area (Å²) in [5.74, 6) is 0.457. The molecule has 0 fully saturated rings. The SMILES string of the molecule is COc1cc(OC)cc(-c2nn(CC(=O)O)c3c2CN(C)CC3)c1. The highest BCUT2D eigenvalue weighted by atomic mass is 16.5. The summed E-state index contributed by atoms with van der Waals surface area (Å²) >= 11 is 0. The molecular weight excluding hydrogens is 310 g/mol. The molecule has 128 valence electrons. The molecule has 0 radical (unpaired) electrons. The van der Waals surface area contributed by atoms with E-state index >= 15 is 0 Å². The maximum atomic E-state index is 11.2. The molecule has 0 amide bonds. The molecule has 0 saturated heterocycles. The zero-order valence-electron chi connectivity index (χ0n) is 14.1. The lowest BCUT2D eigenvalue weighted by Crippen LogP contribution is -2.28. The summed E-state index contributed by atoms with van der Waals surface area (Å²) in [6, 6.07) is 5.59. The molecular formula is C17H21N3O4. The topological polar surface area (TPSA) is 76.8 Å². The molecule has 0 atom stereocenters. The molecule has 0 saturated carbocycles. The standard InChI is InChI=1S/C17H21N3O4/c1-19-5-4-15-14(9-19)17(18-20(15)10-16(21)22)11-6-12(23-2)8-13(7-11)24-3/h6-8H,4-5,9-10H2,1-3H3,(H,21,22). The first-order valence-corrected chi connectivity index (χ1v) is 7.74. The molecule has 2 heterocycles. The van der Waals surface area contributed by atoms with E-state index in [0.29, 0.717) is 11.5 Å². The fourth-order valence-corrected chi connectivity index (χ4v) is 3.06. The van der Waals surface area contributed by atoms with E-state index in [1.165, 1.54) is 0 Å². The largest absolute Gasteiger partial charge is 0.497 e. The molecule has 24 heavy (non-hydrogen) atoms. The zero-order valence-corrected chi connectivity index (χ0v) is 14.1. The second kappa shape index (κ2) is 6.52. The maximum Gasteiger partial charge on any atom is 0.325 e. The third kappa shape index (κ3) is 3.07. The monoisotopic (exact) mass is 331 g/mol. The molecule has 0 aliphatic carbocycles. The van der Waals surface area contributed by atoms with Crippen molar-refractivity contribution in [1.82, 2.24) is 14.7 Å². The number of nitrogens with zero attached hydrogens (tertiary/aromatic N) is 3. The summed E-state index contributed by atoms with van der Waals surface area (Å²) in [5.41, 5.74) is 3.71. The fourth-order valence-electron chi connectivity index (χ4n) is 3.06.